The van der Waals surface area contributed by atoms with Crippen molar-refractivity contribution in [3.8, 4) is 0 Å². The predicted molar refractivity (Wildman–Crippen MR) is 93.2 cm³/mol. The molecule has 0 spiro atoms. The van der Waals surface area contributed by atoms with Gasteiger partial charge in [-0.25, -0.2) is 0 Å². The lowest BCUT2D eigenvalue weighted by Gasteiger charge is -2.13. The molecule has 2 aromatic carbocycles. The highest BCUT2D eigenvalue weighted by Gasteiger charge is 2.14. The van der Waals surface area contributed by atoms with Crippen molar-refractivity contribution in [3.63, 3.8) is 0 Å². The molecule has 0 radical (unpaired) electrons. The van der Waals surface area contributed by atoms with Gasteiger partial charge >= 0.3 is 0 Å². The van der Waals surface area contributed by atoms with Crippen molar-refractivity contribution in [2.75, 3.05) is 5.32 Å². The number of rotatable bonds is 5. The Labute approximate surface area is 141 Å². The fourth-order valence-corrected chi connectivity index (χ4v) is 2.62. The third-order valence-corrected chi connectivity index (χ3v) is 4.29. The fraction of sp³-hybridized carbons (Fsp3) is 0.188. The second-order valence-corrected chi connectivity index (χ2v) is 6.51. The van der Waals surface area contributed by atoms with Crippen molar-refractivity contribution in [1.29, 1.82) is 0 Å². The molecule has 21 heavy (non-hydrogen) atoms. The predicted octanol–water partition coefficient (Wildman–Crippen LogP) is 4.11. The van der Waals surface area contributed by atoms with E-state index in [4.69, 9.17) is 5.73 Å². The van der Waals surface area contributed by atoms with Crippen molar-refractivity contribution in [2.45, 2.75) is 18.9 Å². The van der Waals surface area contributed by atoms with Gasteiger partial charge in [0.05, 0.1) is 11.7 Å². The summed E-state index contributed by atoms with van der Waals surface area (Å²) in [4.78, 5) is 12.1. The van der Waals surface area contributed by atoms with E-state index >= 15 is 0 Å². The van der Waals surface area contributed by atoms with Gasteiger partial charge in [0.15, 0.2) is 0 Å². The second-order valence-electron chi connectivity index (χ2n) is 4.74. The van der Waals surface area contributed by atoms with Crippen LogP contribution in [0, 0.1) is 0 Å². The van der Waals surface area contributed by atoms with E-state index in [0.29, 0.717) is 12.1 Å². The monoisotopic (exact) mass is 410 g/mol. The van der Waals surface area contributed by atoms with Crippen LogP contribution in [-0.2, 0) is 11.2 Å². The lowest BCUT2D eigenvalue weighted by Crippen LogP contribution is -2.36. The summed E-state index contributed by atoms with van der Waals surface area (Å²) in [6.07, 6.45) is 1.40. The molecule has 1 unspecified atom stereocenters. The molecular weight excluding hydrogens is 396 g/mol. The van der Waals surface area contributed by atoms with E-state index in [2.05, 4.69) is 37.2 Å². The van der Waals surface area contributed by atoms with Crippen molar-refractivity contribution >= 4 is 43.5 Å². The summed E-state index contributed by atoms with van der Waals surface area (Å²) in [6.45, 7) is 0. The molecule has 0 heterocycles. The summed E-state index contributed by atoms with van der Waals surface area (Å²) in [5.74, 6) is -0.176. The molecule has 1 amide bonds. The molecule has 0 bridgehead atoms. The van der Waals surface area contributed by atoms with Gasteiger partial charge in [-0.3, -0.25) is 4.79 Å². The molecule has 0 aliphatic heterocycles. The van der Waals surface area contributed by atoms with Crippen LogP contribution in [-0.4, -0.2) is 11.9 Å². The highest BCUT2D eigenvalue weighted by molar-refractivity contribution is 9.11. The first kappa shape index (κ1) is 16.2. The minimum Gasteiger partial charge on any atom is -0.324 e. The number of nitrogens with two attached hydrogens (primary N) is 1. The molecule has 1 atom stereocenters. The van der Waals surface area contributed by atoms with Crippen LogP contribution in [0.15, 0.2) is 57.5 Å². The first-order valence-corrected chi connectivity index (χ1v) is 8.20. The van der Waals surface area contributed by atoms with E-state index in [9.17, 15) is 4.79 Å². The molecule has 0 aromatic heterocycles. The lowest BCUT2D eigenvalue weighted by atomic mass is 10.1. The molecule has 0 saturated heterocycles. The zero-order valence-electron chi connectivity index (χ0n) is 11.4. The van der Waals surface area contributed by atoms with Gasteiger partial charge in [0, 0.05) is 8.95 Å². The molecule has 3 N–H and O–H groups in total. The van der Waals surface area contributed by atoms with Gasteiger partial charge < -0.3 is 11.1 Å². The van der Waals surface area contributed by atoms with E-state index in [1.807, 2.05) is 48.5 Å². The molecular formula is C16H16Br2N2O. The van der Waals surface area contributed by atoms with E-state index in [1.54, 1.807) is 0 Å². The van der Waals surface area contributed by atoms with Crippen LogP contribution in [0.25, 0.3) is 0 Å². The zero-order valence-corrected chi connectivity index (χ0v) is 14.5. The Morgan fingerprint density at radius 2 is 1.86 bits per heavy atom. The van der Waals surface area contributed by atoms with Crippen LogP contribution in [0.4, 0.5) is 5.69 Å². The number of nitrogens with one attached hydrogen (secondary N) is 1. The van der Waals surface area contributed by atoms with Crippen LogP contribution < -0.4 is 11.1 Å². The van der Waals surface area contributed by atoms with E-state index in [0.717, 1.165) is 15.4 Å². The molecule has 0 aliphatic carbocycles. The SMILES string of the molecule is NC(CCc1ccccc1)C(=O)Nc1cc(Br)ccc1Br. The highest BCUT2D eigenvalue weighted by Crippen LogP contribution is 2.26. The average molecular weight is 412 g/mol. The number of carbonyl (C=O) groups is 1. The van der Waals surface area contributed by atoms with Crippen LogP contribution in [0.1, 0.15) is 12.0 Å². The summed E-state index contributed by atoms with van der Waals surface area (Å²) in [7, 11) is 0. The second kappa shape index (κ2) is 7.73. The Morgan fingerprint density at radius 1 is 1.14 bits per heavy atom. The molecule has 5 heteroatoms. The first-order chi connectivity index (χ1) is 10.1. The van der Waals surface area contributed by atoms with Crippen LogP contribution in [0.3, 0.4) is 0 Å². The molecule has 2 rings (SSSR count). The van der Waals surface area contributed by atoms with Crippen molar-refractivity contribution in [1.82, 2.24) is 0 Å². The van der Waals surface area contributed by atoms with E-state index < -0.39 is 6.04 Å². The Balaban J connectivity index is 1.92. The Bertz CT molecular complexity index is 617. The third-order valence-electron chi connectivity index (χ3n) is 3.11. The number of amides is 1. The molecule has 0 aliphatic rings. The third kappa shape index (κ3) is 4.95. The quantitative estimate of drug-likeness (QED) is 0.777. The maximum Gasteiger partial charge on any atom is 0.241 e. The molecule has 2 aromatic rings. The van der Waals surface area contributed by atoms with Crippen LogP contribution >= 0.6 is 31.9 Å². The largest absolute Gasteiger partial charge is 0.324 e. The number of hydrogen-bond acceptors (Lipinski definition) is 2. The smallest absolute Gasteiger partial charge is 0.241 e. The fourth-order valence-electron chi connectivity index (χ4n) is 1.92. The van der Waals surface area contributed by atoms with Crippen molar-refractivity contribution in [2.24, 2.45) is 5.73 Å². The zero-order chi connectivity index (χ0) is 15.2. The molecule has 110 valence electrons. The summed E-state index contributed by atoms with van der Waals surface area (Å²) < 4.78 is 1.73. The van der Waals surface area contributed by atoms with Gasteiger partial charge in [0.1, 0.15) is 0 Å². The van der Waals surface area contributed by atoms with Crippen LogP contribution in [0.2, 0.25) is 0 Å². The summed E-state index contributed by atoms with van der Waals surface area (Å²) in [5.41, 5.74) is 7.86. The van der Waals surface area contributed by atoms with Gasteiger partial charge in [0.2, 0.25) is 5.91 Å². The van der Waals surface area contributed by atoms with Crippen molar-refractivity contribution < 1.29 is 4.79 Å². The number of anilines is 1. The minimum absolute atomic E-state index is 0.176. The maximum atomic E-state index is 12.1. The normalized spacial score (nSPS) is 12.0. The van der Waals surface area contributed by atoms with Crippen molar-refractivity contribution in [3.05, 3.63) is 63.0 Å². The summed E-state index contributed by atoms with van der Waals surface area (Å²) >= 11 is 6.79. The number of aryl methyl sites for hydroxylation is 1. The Hall–Kier alpha value is -1.17. The molecule has 0 saturated carbocycles. The Kier molecular flexibility index (Phi) is 5.96. The number of benzene rings is 2. The number of carbonyl (C=O) groups excluding carboxylic acids is 1. The number of hydrogen-bond donors (Lipinski definition) is 2. The summed E-state index contributed by atoms with van der Waals surface area (Å²) in [5, 5.41) is 2.85. The standard InChI is InChI=1S/C16H16Br2N2O/c17-12-7-8-13(18)15(10-12)20-16(21)14(19)9-6-11-4-2-1-3-5-11/h1-5,7-8,10,14H,6,9,19H2,(H,20,21). The van der Waals surface area contributed by atoms with E-state index in [-0.39, 0.29) is 5.91 Å². The summed E-state index contributed by atoms with van der Waals surface area (Å²) in [6, 6.07) is 15.1. The minimum atomic E-state index is -0.531. The average Bonchev–Trinajstić information content (AvgIpc) is 2.49. The Morgan fingerprint density at radius 3 is 2.57 bits per heavy atom. The van der Waals surface area contributed by atoms with Gasteiger partial charge in [-0.2, -0.15) is 0 Å². The van der Waals surface area contributed by atoms with Gasteiger partial charge in [-0.05, 0) is 52.5 Å². The maximum absolute atomic E-state index is 12.1. The first-order valence-electron chi connectivity index (χ1n) is 6.61. The van der Waals surface area contributed by atoms with E-state index in [1.165, 1.54) is 5.56 Å². The van der Waals surface area contributed by atoms with Gasteiger partial charge in [-0.1, -0.05) is 46.3 Å². The lowest BCUT2D eigenvalue weighted by molar-refractivity contribution is -0.117. The molecule has 0 fully saturated rings. The van der Waals surface area contributed by atoms with Gasteiger partial charge in [-0.15, -0.1) is 0 Å². The topological polar surface area (TPSA) is 55.1 Å². The molecule has 3 nitrogen and oxygen atoms in total. The van der Waals surface area contributed by atoms with Crippen LogP contribution in [0.5, 0.6) is 0 Å². The highest BCUT2D eigenvalue weighted by atomic mass is 79.9. The van der Waals surface area contributed by atoms with Gasteiger partial charge in [0.25, 0.3) is 0 Å². The number of halogens is 2.